The smallest absolute Gasteiger partial charge is 0.372 e. The minimum absolute atomic E-state index is 0.314. The number of cyclic esters (lactones) is 1. The summed E-state index contributed by atoms with van der Waals surface area (Å²) in [5.41, 5.74) is 0.712. The quantitative estimate of drug-likeness (QED) is 0.615. The summed E-state index contributed by atoms with van der Waals surface area (Å²) in [6.07, 6.45) is 0. The summed E-state index contributed by atoms with van der Waals surface area (Å²) < 4.78 is 20.8. The van der Waals surface area contributed by atoms with Crippen molar-refractivity contribution >= 4 is 13.6 Å². The van der Waals surface area contributed by atoms with Gasteiger partial charge in [0.1, 0.15) is 0 Å². The zero-order valence-electron chi connectivity index (χ0n) is 7.91. The molecule has 0 fully saturated rings. The zero-order chi connectivity index (χ0) is 11.1. The van der Waals surface area contributed by atoms with E-state index in [1.807, 2.05) is 0 Å². The van der Waals surface area contributed by atoms with Gasteiger partial charge in [0.05, 0.1) is 5.56 Å². The van der Waals surface area contributed by atoms with Crippen molar-refractivity contribution in [1.82, 2.24) is 0 Å². The Balaban J connectivity index is 2.50. The number of hydrogen-bond donors (Lipinski definition) is 1. The Hall–Kier alpha value is -1.16. The lowest BCUT2D eigenvalue weighted by Gasteiger charge is -2.15. The molecule has 1 N–H and O–H groups in total. The topological polar surface area (TPSA) is 72.8 Å². The number of fused-ring (bicyclic) bond motifs is 1. The lowest BCUT2D eigenvalue weighted by atomic mass is 10.1. The molecule has 2 rings (SSSR count). The van der Waals surface area contributed by atoms with Crippen molar-refractivity contribution in [3.05, 3.63) is 35.4 Å². The van der Waals surface area contributed by atoms with Crippen LogP contribution in [0.25, 0.3) is 0 Å². The van der Waals surface area contributed by atoms with Gasteiger partial charge in [0.15, 0.2) is 0 Å². The monoisotopic (exact) mass is 228 g/mol. The first kappa shape index (κ1) is 10.4. The highest BCUT2D eigenvalue weighted by atomic mass is 31.2. The van der Waals surface area contributed by atoms with Crippen LogP contribution in [0.4, 0.5) is 0 Å². The van der Waals surface area contributed by atoms with E-state index in [9.17, 15) is 14.3 Å². The SMILES string of the molecule is COP(=O)(O)C1OC(=O)c2ccccc21. The van der Waals surface area contributed by atoms with E-state index in [1.165, 1.54) is 0 Å². The van der Waals surface area contributed by atoms with Gasteiger partial charge in [-0.05, 0) is 6.07 Å². The van der Waals surface area contributed by atoms with Gasteiger partial charge in [-0.3, -0.25) is 4.57 Å². The highest BCUT2D eigenvalue weighted by molar-refractivity contribution is 7.53. The van der Waals surface area contributed by atoms with Crippen LogP contribution in [-0.2, 0) is 13.8 Å². The van der Waals surface area contributed by atoms with Crippen LogP contribution in [0.15, 0.2) is 24.3 Å². The molecule has 2 unspecified atom stereocenters. The molecule has 2 atom stereocenters. The minimum atomic E-state index is -3.93. The summed E-state index contributed by atoms with van der Waals surface area (Å²) in [7, 11) is -2.83. The zero-order valence-corrected chi connectivity index (χ0v) is 8.81. The van der Waals surface area contributed by atoms with Crippen LogP contribution in [-0.4, -0.2) is 18.0 Å². The maximum atomic E-state index is 11.5. The summed E-state index contributed by atoms with van der Waals surface area (Å²) in [5, 5.41) is 0. The summed E-state index contributed by atoms with van der Waals surface area (Å²) in [4.78, 5) is 20.8. The molecule has 1 aliphatic heterocycles. The Morgan fingerprint density at radius 3 is 2.80 bits per heavy atom. The molecule has 0 radical (unpaired) electrons. The predicted octanol–water partition coefficient (Wildman–Crippen LogP) is 1.69. The molecule has 0 spiro atoms. The molecule has 0 aromatic heterocycles. The Morgan fingerprint density at radius 1 is 1.47 bits per heavy atom. The molecule has 0 saturated heterocycles. The van der Waals surface area contributed by atoms with E-state index in [4.69, 9.17) is 4.74 Å². The van der Waals surface area contributed by atoms with Crippen molar-refractivity contribution in [3.63, 3.8) is 0 Å². The molecule has 5 nitrogen and oxygen atoms in total. The Kier molecular flexibility index (Phi) is 2.38. The van der Waals surface area contributed by atoms with E-state index in [2.05, 4.69) is 4.52 Å². The van der Waals surface area contributed by atoms with Crippen LogP contribution in [0.5, 0.6) is 0 Å². The van der Waals surface area contributed by atoms with Crippen LogP contribution in [0.1, 0.15) is 21.8 Å². The van der Waals surface area contributed by atoms with Crippen molar-refractivity contribution in [2.24, 2.45) is 0 Å². The maximum Gasteiger partial charge on any atom is 0.372 e. The molecule has 0 amide bonds. The average Bonchev–Trinajstić information content (AvgIpc) is 2.58. The molecule has 0 saturated carbocycles. The molecule has 0 bridgehead atoms. The fourth-order valence-electron chi connectivity index (χ4n) is 1.46. The average molecular weight is 228 g/mol. The first-order valence-corrected chi connectivity index (χ1v) is 5.89. The Bertz CT molecular complexity index is 456. The van der Waals surface area contributed by atoms with Gasteiger partial charge < -0.3 is 14.2 Å². The van der Waals surface area contributed by atoms with Crippen molar-refractivity contribution in [3.8, 4) is 0 Å². The number of esters is 1. The first-order chi connectivity index (χ1) is 7.06. The van der Waals surface area contributed by atoms with Gasteiger partial charge >= 0.3 is 13.6 Å². The third kappa shape index (κ3) is 1.59. The van der Waals surface area contributed by atoms with Crippen molar-refractivity contribution < 1.29 is 23.5 Å². The molecule has 6 heteroatoms. The van der Waals surface area contributed by atoms with Crippen molar-refractivity contribution in [1.29, 1.82) is 0 Å². The maximum absolute atomic E-state index is 11.5. The molecular weight excluding hydrogens is 219 g/mol. The van der Waals surface area contributed by atoms with Gasteiger partial charge in [-0.2, -0.15) is 0 Å². The summed E-state index contributed by atoms with van der Waals surface area (Å²) >= 11 is 0. The van der Waals surface area contributed by atoms with Crippen LogP contribution < -0.4 is 0 Å². The molecule has 1 aromatic carbocycles. The van der Waals surface area contributed by atoms with E-state index >= 15 is 0 Å². The highest BCUT2D eigenvalue weighted by Crippen LogP contribution is 2.59. The van der Waals surface area contributed by atoms with Crippen molar-refractivity contribution in [2.75, 3.05) is 7.11 Å². The number of ether oxygens (including phenoxy) is 1. The Morgan fingerprint density at radius 2 is 2.13 bits per heavy atom. The van der Waals surface area contributed by atoms with Gasteiger partial charge in [0.2, 0.25) is 5.85 Å². The third-order valence-corrected chi connectivity index (χ3v) is 3.72. The lowest BCUT2D eigenvalue weighted by molar-refractivity contribution is 0.0464. The van der Waals surface area contributed by atoms with Gasteiger partial charge in [0, 0.05) is 12.7 Å². The second-order valence-electron chi connectivity index (χ2n) is 3.09. The van der Waals surface area contributed by atoms with Crippen LogP contribution >= 0.6 is 7.60 Å². The molecule has 80 valence electrons. The van der Waals surface area contributed by atoms with Crippen LogP contribution in [0, 0.1) is 0 Å². The first-order valence-electron chi connectivity index (χ1n) is 4.24. The number of rotatable bonds is 2. The molecular formula is C9H9O5P. The van der Waals surface area contributed by atoms with Gasteiger partial charge in [-0.1, -0.05) is 18.2 Å². The molecule has 15 heavy (non-hydrogen) atoms. The lowest BCUT2D eigenvalue weighted by Crippen LogP contribution is -2.01. The number of carbonyl (C=O) groups is 1. The largest absolute Gasteiger partial charge is 0.441 e. The van der Waals surface area contributed by atoms with Crippen LogP contribution in [0.2, 0.25) is 0 Å². The predicted molar refractivity (Wildman–Crippen MR) is 51.4 cm³/mol. The molecule has 1 aromatic rings. The van der Waals surface area contributed by atoms with Crippen LogP contribution in [0.3, 0.4) is 0 Å². The van der Waals surface area contributed by atoms with E-state index < -0.39 is 19.4 Å². The number of carbonyl (C=O) groups excluding carboxylic acids is 1. The molecule has 1 heterocycles. The summed E-state index contributed by atoms with van der Waals surface area (Å²) in [6, 6.07) is 6.46. The highest BCUT2D eigenvalue weighted by Gasteiger charge is 2.43. The standard InChI is InChI=1S/C9H9O5P/c1-13-15(11,12)9-7-5-3-2-4-6(7)8(10)14-9/h2-5,9H,1H3,(H,11,12). The molecule has 1 aliphatic rings. The summed E-state index contributed by atoms with van der Waals surface area (Å²) in [5.74, 6) is -1.80. The van der Waals surface area contributed by atoms with E-state index in [0.717, 1.165) is 7.11 Å². The van der Waals surface area contributed by atoms with E-state index in [1.54, 1.807) is 24.3 Å². The number of benzene rings is 1. The van der Waals surface area contributed by atoms with Gasteiger partial charge in [0.25, 0.3) is 0 Å². The fourth-order valence-corrected chi connectivity index (χ4v) is 2.46. The summed E-state index contributed by atoms with van der Waals surface area (Å²) in [6.45, 7) is 0. The van der Waals surface area contributed by atoms with Gasteiger partial charge in [-0.15, -0.1) is 0 Å². The third-order valence-electron chi connectivity index (χ3n) is 2.22. The normalized spacial score (nSPS) is 23.1. The number of hydrogen-bond acceptors (Lipinski definition) is 4. The second kappa shape index (κ2) is 3.45. The van der Waals surface area contributed by atoms with E-state index in [-0.39, 0.29) is 0 Å². The fraction of sp³-hybridized carbons (Fsp3) is 0.222. The second-order valence-corrected chi connectivity index (χ2v) is 5.05. The van der Waals surface area contributed by atoms with E-state index in [0.29, 0.717) is 11.1 Å². The van der Waals surface area contributed by atoms with Crippen molar-refractivity contribution in [2.45, 2.75) is 5.85 Å². The van der Waals surface area contributed by atoms with Gasteiger partial charge in [-0.25, -0.2) is 4.79 Å². The Labute approximate surface area is 86.2 Å². The minimum Gasteiger partial charge on any atom is -0.441 e. The molecule has 0 aliphatic carbocycles.